The Morgan fingerprint density at radius 1 is 1.03 bits per heavy atom. The number of carbonyl (C=O) groups is 3. The van der Waals surface area contributed by atoms with E-state index in [9.17, 15) is 14.4 Å². The molecule has 1 saturated heterocycles. The summed E-state index contributed by atoms with van der Waals surface area (Å²) in [5, 5.41) is 0.445. The number of rotatable bonds is 8. The van der Waals surface area contributed by atoms with Crippen LogP contribution in [0.15, 0.2) is 59.5 Å². The van der Waals surface area contributed by atoms with E-state index < -0.39 is 5.91 Å². The largest absolute Gasteiger partial charge is 0.293 e. The van der Waals surface area contributed by atoms with E-state index in [1.165, 1.54) is 17.8 Å². The van der Waals surface area contributed by atoms with Crippen molar-refractivity contribution < 1.29 is 14.4 Å². The summed E-state index contributed by atoms with van der Waals surface area (Å²) in [7, 11) is 0. The highest BCUT2D eigenvalue weighted by atomic mass is 35.5. The molecule has 1 aliphatic heterocycles. The molecule has 0 unspecified atom stereocenters. The first kappa shape index (κ1) is 24.0. The van der Waals surface area contributed by atoms with Crippen LogP contribution in [0, 0.1) is 0 Å². The first-order valence-electron chi connectivity index (χ1n) is 10.1. The van der Waals surface area contributed by atoms with Gasteiger partial charge in [0, 0.05) is 23.6 Å². The zero-order valence-corrected chi connectivity index (χ0v) is 19.6. The molecule has 2 aromatic rings. The van der Waals surface area contributed by atoms with Crippen LogP contribution in [0.25, 0.3) is 6.08 Å². The average Bonchev–Trinajstić information content (AvgIpc) is 3.05. The third-order valence-corrected chi connectivity index (χ3v) is 6.27. The summed E-state index contributed by atoms with van der Waals surface area (Å²) in [6, 6.07) is 16.1. The highest BCUT2D eigenvalue weighted by Gasteiger charge is 2.31. The Hall–Kier alpha value is -2.68. The van der Waals surface area contributed by atoms with Gasteiger partial charge in [0.25, 0.3) is 11.8 Å². The highest BCUT2D eigenvalue weighted by molar-refractivity contribution is 8.26. The molecule has 0 radical (unpaired) electrons. The van der Waals surface area contributed by atoms with E-state index >= 15 is 0 Å². The van der Waals surface area contributed by atoms with Gasteiger partial charge in [0.1, 0.15) is 4.32 Å². The van der Waals surface area contributed by atoms with E-state index in [0.29, 0.717) is 32.8 Å². The number of carbonyl (C=O) groups excluding carboxylic acids is 3. The van der Waals surface area contributed by atoms with Gasteiger partial charge in [-0.05, 0) is 42.7 Å². The molecular weight excluding hydrogens is 466 g/mol. The number of amides is 3. The highest BCUT2D eigenvalue weighted by Crippen LogP contribution is 2.32. The molecular formula is C23H22ClN3O3S2. The summed E-state index contributed by atoms with van der Waals surface area (Å²) < 4.78 is 0.554. The second kappa shape index (κ2) is 11.8. The van der Waals surface area contributed by atoms with Gasteiger partial charge >= 0.3 is 0 Å². The minimum Gasteiger partial charge on any atom is -0.293 e. The molecule has 166 valence electrons. The van der Waals surface area contributed by atoms with Crippen molar-refractivity contribution >= 4 is 63.7 Å². The second-order valence-electron chi connectivity index (χ2n) is 7.07. The number of hydrogen-bond acceptors (Lipinski definition) is 5. The fourth-order valence-electron chi connectivity index (χ4n) is 3.02. The normalized spacial score (nSPS) is 14.7. The van der Waals surface area contributed by atoms with E-state index in [1.54, 1.807) is 23.1 Å². The van der Waals surface area contributed by atoms with Gasteiger partial charge in [0.15, 0.2) is 0 Å². The van der Waals surface area contributed by atoms with Gasteiger partial charge in [-0.3, -0.25) is 30.1 Å². The predicted molar refractivity (Wildman–Crippen MR) is 132 cm³/mol. The maximum atomic E-state index is 12.6. The molecule has 1 fully saturated rings. The van der Waals surface area contributed by atoms with Crippen LogP contribution in [-0.4, -0.2) is 33.5 Å². The molecule has 2 N–H and O–H groups in total. The van der Waals surface area contributed by atoms with E-state index in [0.717, 1.165) is 18.4 Å². The van der Waals surface area contributed by atoms with Crippen LogP contribution < -0.4 is 10.9 Å². The van der Waals surface area contributed by atoms with Gasteiger partial charge in [-0.1, -0.05) is 78.4 Å². The Bertz CT molecular complexity index is 1040. The summed E-state index contributed by atoms with van der Waals surface area (Å²) in [6.07, 6.45) is 4.23. The number of benzene rings is 2. The van der Waals surface area contributed by atoms with E-state index in [2.05, 4.69) is 10.9 Å². The minimum absolute atomic E-state index is 0.0784. The van der Waals surface area contributed by atoms with Crippen molar-refractivity contribution in [1.82, 2.24) is 15.8 Å². The molecule has 3 amide bonds. The number of thioether (sulfide) groups is 1. The molecule has 3 rings (SSSR count). The number of halogens is 1. The van der Waals surface area contributed by atoms with Crippen LogP contribution in [0.4, 0.5) is 0 Å². The first-order valence-corrected chi connectivity index (χ1v) is 11.7. The Balaban J connectivity index is 1.35. The summed E-state index contributed by atoms with van der Waals surface area (Å²) in [6.45, 7) is 0.518. The standard InChI is InChI=1S/C23H22ClN3O3S2/c24-18-11-7-10-17(15-18)21(29)26-25-20(28)12-5-2-6-13-27-22(30)19(32-23(27)31)14-16-8-3-1-4-9-16/h1,3-4,7-11,14-15H,2,5-6,12-13H2,(H,25,28)(H,26,29). The van der Waals surface area contributed by atoms with Crippen LogP contribution >= 0.6 is 35.6 Å². The van der Waals surface area contributed by atoms with Crippen LogP contribution in [0.5, 0.6) is 0 Å². The number of hydrazine groups is 1. The zero-order chi connectivity index (χ0) is 22.9. The quantitative estimate of drug-likeness (QED) is 0.247. The lowest BCUT2D eigenvalue weighted by Crippen LogP contribution is -2.41. The van der Waals surface area contributed by atoms with Crippen molar-refractivity contribution in [2.24, 2.45) is 0 Å². The van der Waals surface area contributed by atoms with E-state index in [1.807, 2.05) is 36.4 Å². The Morgan fingerprint density at radius 2 is 1.81 bits per heavy atom. The monoisotopic (exact) mass is 487 g/mol. The molecule has 1 heterocycles. The Labute approximate surface area is 201 Å². The average molecular weight is 488 g/mol. The molecule has 0 bridgehead atoms. The first-order chi connectivity index (χ1) is 15.4. The summed E-state index contributed by atoms with van der Waals surface area (Å²) in [5.74, 6) is -0.791. The molecule has 1 aliphatic rings. The fourth-order valence-corrected chi connectivity index (χ4v) is 4.52. The third-order valence-electron chi connectivity index (χ3n) is 4.66. The molecule has 0 atom stereocenters. The summed E-state index contributed by atoms with van der Waals surface area (Å²) in [4.78, 5) is 38.8. The van der Waals surface area contributed by atoms with Crippen LogP contribution in [-0.2, 0) is 9.59 Å². The number of nitrogens with zero attached hydrogens (tertiary/aromatic N) is 1. The Kier molecular flexibility index (Phi) is 8.84. The van der Waals surface area contributed by atoms with Gasteiger partial charge in [-0.2, -0.15) is 0 Å². The molecule has 32 heavy (non-hydrogen) atoms. The molecule has 0 spiro atoms. The topological polar surface area (TPSA) is 78.5 Å². The number of unbranched alkanes of at least 4 members (excludes halogenated alkanes) is 2. The van der Waals surface area contributed by atoms with Crippen molar-refractivity contribution in [1.29, 1.82) is 0 Å². The van der Waals surface area contributed by atoms with Crippen molar-refractivity contribution in [3.05, 3.63) is 75.7 Å². The van der Waals surface area contributed by atoms with E-state index in [-0.39, 0.29) is 18.2 Å². The number of thiocarbonyl (C=S) groups is 1. The molecule has 0 saturated carbocycles. The number of nitrogens with one attached hydrogen (secondary N) is 2. The van der Waals surface area contributed by atoms with Gasteiger partial charge in [0.2, 0.25) is 5.91 Å². The van der Waals surface area contributed by atoms with Crippen molar-refractivity contribution in [2.45, 2.75) is 25.7 Å². The van der Waals surface area contributed by atoms with Gasteiger partial charge in [-0.15, -0.1) is 0 Å². The number of hydrogen-bond donors (Lipinski definition) is 2. The molecule has 6 nitrogen and oxygen atoms in total. The molecule has 9 heteroatoms. The lowest BCUT2D eigenvalue weighted by atomic mass is 10.2. The van der Waals surface area contributed by atoms with Gasteiger partial charge in [0.05, 0.1) is 4.91 Å². The van der Waals surface area contributed by atoms with Crippen LogP contribution in [0.2, 0.25) is 5.02 Å². The third kappa shape index (κ3) is 6.91. The molecule has 2 aromatic carbocycles. The lowest BCUT2D eigenvalue weighted by molar-refractivity contribution is -0.123. The zero-order valence-electron chi connectivity index (χ0n) is 17.2. The predicted octanol–water partition coefficient (Wildman–Crippen LogP) is 4.56. The van der Waals surface area contributed by atoms with Crippen molar-refractivity contribution in [3.63, 3.8) is 0 Å². The summed E-state index contributed by atoms with van der Waals surface area (Å²) >= 11 is 12.5. The second-order valence-corrected chi connectivity index (χ2v) is 9.18. The molecule has 0 aliphatic carbocycles. The van der Waals surface area contributed by atoms with E-state index in [4.69, 9.17) is 23.8 Å². The molecule has 0 aromatic heterocycles. The van der Waals surface area contributed by atoms with Crippen molar-refractivity contribution in [3.8, 4) is 0 Å². The van der Waals surface area contributed by atoms with Gasteiger partial charge < -0.3 is 0 Å². The lowest BCUT2D eigenvalue weighted by Gasteiger charge is -2.14. The fraction of sp³-hybridized carbons (Fsp3) is 0.217. The van der Waals surface area contributed by atoms with Crippen molar-refractivity contribution in [2.75, 3.05) is 6.54 Å². The van der Waals surface area contributed by atoms with Crippen LogP contribution in [0.1, 0.15) is 41.6 Å². The minimum atomic E-state index is -0.432. The summed E-state index contributed by atoms with van der Waals surface area (Å²) in [5.41, 5.74) is 6.09. The maximum absolute atomic E-state index is 12.6. The Morgan fingerprint density at radius 3 is 2.56 bits per heavy atom. The van der Waals surface area contributed by atoms with Gasteiger partial charge in [-0.25, -0.2) is 0 Å². The SMILES string of the molecule is O=C(CCCCCN1C(=O)C(=Cc2ccccc2)SC1=S)NNC(=O)c1cccc(Cl)c1. The smallest absolute Gasteiger partial charge is 0.269 e. The maximum Gasteiger partial charge on any atom is 0.269 e. The van der Waals surface area contributed by atoms with Crippen LogP contribution in [0.3, 0.4) is 0 Å².